The molecule has 4 nitrogen and oxygen atoms in total. The fourth-order valence-corrected chi connectivity index (χ4v) is 2.65. The average molecular weight is 298 g/mol. The summed E-state index contributed by atoms with van der Waals surface area (Å²) in [7, 11) is 0. The van der Waals surface area contributed by atoms with Crippen molar-refractivity contribution in [1.82, 2.24) is 10.2 Å². The Balaban J connectivity index is 2.02. The summed E-state index contributed by atoms with van der Waals surface area (Å²) in [5.41, 5.74) is 1.62. The molecule has 0 saturated carbocycles. The van der Waals surface area contributed by atoms with Crippen LogP contribution in [0, 0.1) is 0 Å². The Hall–Kier alpha value is -2.36. The van der Waals surface area contributed by atoms with Crippen LogP contribution in [-0.4, -0.2) is 29.3 Å². The van der Waals surface area contributed by atoms with Crippen LogP contribution in [-0.2, 0) is 11.3 Å². The lowest BCUT2D eigenvalue weighted by Gasteiger charge is -2.34. The lowest BCUT2D eigenvalue weighted by atomic mass is 10.0. The zero-order valence-electron chi connectivity index (χ0n) is 12.8. The first-order valence-corrected chi connectivity index (χ1v) is 7.58. The van der Waals surface area contributed by atoms with Gasteiger partial charge in [0.25, 0.3) is 5.91 Å². The van der Waals surface area contributed by atoms with Crippen LogP contribution in [0.4, 0.5) is 0 Å². The minimum atomic E-state index is -0.206. The first kappa shape index (κ1) is 16.0. The second-order valence-corrected chi connectivity index (χ2v) is 5.42. The predicted octanol–water partition coefficient (Wildman–Crippen LogP) is 2.67. The van der Waals surface area contributed by atoms with Crippen LogP contribution in [0.25, 0.3) is 0 Å². The Morgan fingerprint density at radius 3 is 2.59 bits per heavy atom. The Morgan fingerprint density at radius 2 is 1.95 bits per heavy atom. The maximum atomic E-state index is 12.6. The van der Waals surface area contributed by atoms with Gasteiger partial charge in [-0.15, -0.1) is 6.58 Å². The Labute approximate surface area is 131 Å². The molecule has 4 heteroatoms. The van der Waals surface area contributed by atoms with Crippen LogP contribution in [0.2, 0.25) is 0 Å². The topological polar surface area (TPSA) is 49.4 Å². The summed E-state index contributed by atoms with van der Waals surface area (Å²) in [6.07, 6.45) is 6.27. The number of amides is 2. The molecule has 1 aliphatic rings. The number of rotatable bonds is 5. The van der Waals surface area contributed by atoms with E-state index in [4.69, 9.17) is 0 Å². The zero-order chi connectivity index (χ0) is 15.9. The maximum absolute atomic E-state index is 12.6. The minimum Gasteiger partial charge on any atom is -0.348 e. The highest BCUT2D eigenvalue weighted by atomic mass is 16.2. The van der Waals surface area contributed by atoms with E-state index >= 15 is 0 Å². The molecule has 0 spiro atoms. The number of nitrogens with one attached hydrogen (secondary N) is 1. The van der Waals surface area contributed by atoms with Crippen LogP contribution in [0.3, 0.4) is 0 Å². The predicted molar refractivity (Wildman–Crippen MR) is 87.4 cm³/mol. The van der Waals surface area contributed by atoms with E-state index in [0.29, 0.717) is 12.1 Å². The van der Waals surface area contributed by atoms with E-state index in [-0.39, 0.29) is 17.9 Å². The van der Waals surface area contributed by atoms with Gasteiger partial charge >= 0.3 is 0 Å². The van der Waals surface area contributed by atoms with Gasteiger partial charge in [0.15, 0.2) is 0 Å². The van der Waals surface area contributed by atoms with Gasteiger partial charge < -0.3 is 10.2 Å². The fourth-order valence-electron chi connectivity index (χ4n) is 2.65. The van der Waals surface area contributed by atoms with Crippen LogP contribution in [0.5, 0.6) is 0 Å². The molecule has 0 radical (unpaired) electrons. The third-order valence-electron chi connectivity index (χ3n) is 3.94. The molecule has 116 valence electrons. The number of carbonyl (C=O) groups is 2. The van der Waals surface area contributed by atoms with E-state index < -0.39 is 0 Å². The van der Waals surface area contributed by atoms with Gasteiger partial charge in [0.2, 0.25) is 5.91 Å². The molecule has 0 bridgehead atoms. The average Bonchev–Trinajstić information content (AvgIpc) is 2.59. The van der Waals surface area contributed by atoms with Crippen molar-refractivity contribution >= 4 is 11.8 Å². The molecule has 1 unspecified atom stereocenters. The van der Waals surface area contributed by atoms with E-state index in [9.17, 15) is 9.59 Å². The third kappa shape index (κ3) is 3.85. The highest BCUT2D eigenvalue weighted by molar-refractivity contribution is 5.94. The number of nitrogens with zero attached hydrogens (tertiary/aromatic N) is 1. The van der Waals surface area contributed by atoms with Crippen LogP contribution in [0.1, 0.15) is 35.2 Å². The van der Waals surface area contributed by atoms with Crippen molar-refractivity contribution in [3.63, 3.8) is 0 Å². The van der Waals surface area contributed by atoms with Gasteiger partial charge in [-0.1, -0.05) is 24.8 Å². The number of benzene rings is 1. The number of hydrogen-bond donors (Lipinski definition) is 1. The number of likely N-dealkylation sites (tertiary alicyclic amines) is 1. The molecule has 0 aromatic heterocycles. The number of piperidine rings is 1. The lowest BCUT2D eigenvalue weighted by Crippen LogP contribution is -2.42. The molecule has 1 saturated heterocycles. The van der Waals surface area contributed by atoms with Crippen molar-refractivity contribution in [2.75, 3.05) is 6.54 Å². The lowest BCUT2D eigenvalue weighted by molar-refractivity contribution is -0.116. The van der Waals surface area contributed by atoms with Crippen molar-refractivity contribution in [2.24, 2.45) is 0 Å². The Bertz CT molecular complexity index is 563. The number of carbonyl (C=O) groups excluding carboxylic acids is 2. The van der Waals surface area contributed by atoms with E-state index in [2.05, 4.69) is 18.5 Å². The normalized spacial score (nSPS) is 17.6. The molecule has 1 aliphatic heterocycles. The molecule has 1 aromatic rings. The van der Waals surface area contributed by atoms with Crippen molar-refractivity contribution in [2.45, 2.75) is 31.8 Å². The highest BCUT2D eigenvalue weighted by Gasteiger charge is 2.25. The SMILES string of the molecule is C=CC(=O)NCc1ccc(C(=O)N2CCCCC2C=C)cc1. The van der Waals surface area contributed by atoms with Gasteiger partial charge in [-0.3, -0.25) is 9.59 Å². The standard InChI is InChI=1S/C18H22N2O2/c1-3-16-7-5-6-12-20(16)18(22)15-10-8-14(9-11-15)13-19-17(21)4-2/h3-4,8-11,16H,1-2,5-7,12-13H2,(H,19,21). The van der Waals surface area contributed by atoms with E-state index in [1.54, 1.807) is 0 Å². The molecular formula is C18H22N2O2. The first-order valence-electron chi connectivity index (χ1n) is 7.58. The minimum absolute atomic E-state index is 0.0475. The maximum Gasteiger partial charge on any atom is 0.254 e. The Morgan fingerprint density at radius 1 is 1.23 bits per heavy atom. The molecule has 1 fully saturated rings. The molecule has 22 heavy (non-hydrogen) atoms. The molecule has 0 aliphatic carbocycles. The van der Waals surface area contributed by atoms with Crippen molar-refractivity contribution in [3.8, 4) is 0 Å². The summed E-state index contributed by atoms with van der Waals surface area (Å²) < 4.78 is 0. The highest BCUT2D eigenvalue weighted by Crippen LogP contribution is 2.20. The molecule has 2 rings (SSSR count). The monoisotopic (exact) mass is 298 g/mol. The van der Waals surface area contributed by atoms with E-state index in [1.807, 2.05) is 35.2 Å². The van der Waals surface area contributed by atoms with Crippen molar-refractivity contribution in [1.29, 1.82) is 0 Å². The molecule has 1 atom stereocenters. The summed E-state index contributed by atoms with van der Waals surface area (Å²) in [4.78, 5) is 25.6. The quantitative estimate of drug-likeness (QED) is 0.671. The van der Waals surface area contributed by atoms with E-state index in [0.717, 1.165) is 31.4 Å². The molecule has 1 N–H and O–H groups in total. The fraction of sp³-hybridized carbons (Fsp3) is 0.333. The summed E-state index contributed by atoms with van der Waals surface area (Å²) in [6, 6.07) is 7.49. The van der Waals surface area contributed by atoms with Gasteiger partial charge in [0, 0.05) is 18.7 Å². The molecular weight excluding hydrogens is 276 g/mol. The summed E-state index contributed by atoms with van der Waals surface area (Å²) in [5, 5.41) is 2.71. The number of hydrogen-bond acceptors (Lipinski definition) is 2. The second kappa shape index (κ2) is 7.59. The van der Waals surface area contributed by atoms with Crippen molar-refractivity contribution in [3.05, 3.63) is 60.7 Å². The van der Waals surface area contributed by atoms with Gasteiger partial charge in [-0.25, -0.2) is 0 Å². The molecule has 1 aromatic carbocycles. The van der Waals surface area contributed by atoms with Crippen LogP contribution in [0.15, 0.2) is 49.6 Å². The van der Waals surface area contributed by atoms with Gasteiger partial charge in [0.05, 0.1) is 6.04 Å². The van der Waals surface area contributed by atoms with Crippen LogP contribution >= 0.6 is 0 Å². The van der Waals surface area contributed by atoms with Gasteiger partial charge in [-0.05, 0) is 43.0 Å². The van der Waals surface area contributed by atoms with Crippen molar-refractivity contribution < 1.29 is 9.59 Å². The largest absolute Gasteiger partial charge is 0.348 e. The second-order valence-electron chi connectivity index (χ2n) is 5.42. The summed E-state index contributed by atoms with van der Waals surface area (Å²) in [5.74, 6) is -0.159. The summed E-state index contributed by atoms with van der Waals surface area (Å²) >= 11 is 0. The third-order valence-corrected chi connectivity index (χ3v) is 3.94. The summed E-state index contributed by atoms with van der Waals surface area (Å²) in [6.45, 7) is 8.45. The zero-order valence-corrected chi connectivity index (χ0v) is 12.8. The van der Waals surface area contributed by atoms with Gasteiger partial charge in [-0.2, -0.15) is 0 Å². The first-order chi connectivity index (χ1) is 10.7. The Kier molecular flexibility index (Phi) is 5.53. The molecule has 2 amide bonds. The van der Waals surface area contributed by atoms with E-state index in [1.165, 1.54) is 6.08 Å². The molecule has 1 heterocycles. The van der Waals surface area contributed by atoms with Gasteiger partial charge in [0.1, 0.15) is 0 Å². The van der Waals surface area contributed by atoms with Crippen LogP contribution < -0.4 is 5.32 Å². The smallest absolute Gasteiger partial charge is 0.254 e.